The van der Waals surface area contributed by atoms with Crippen LogP contribution in [0.2, 0.25) is 0 Å². The second kappa shape index (κ2) is 19.0. The molecule has 4 aliphatic rings. The number of ether oxygens (including phenoxy) is 10. The number of β-amino-alcohol motifs (C(OH)–C–C–N with tert-alkyl or cyclic N) is 1. The van der Waals surface area contributed by atoms with Crippen molar-refractivity contribution in [3.63, 3.8) is 0 Å². The minimum Gasteiger partial charge on any atom is -0.493 e. The highest BCUT2D eigenvalue weighted by molar-refractivity contribution is 6.14. The average molecular weight is 781 g/mol. The number of nitrogens with zero attached hydrogens (tertiary/aromatic N) is 2. The molecule has 0 radical (unpaired) electrons. The van der Waals surface area contributed by atoms with E-state index in [1.807, 2.05) is 30.3 Å². The Morgan fingerprint density at radius 3 is 2.16 bits per heavy atom. The number of fused-ring (bicyclic) bond motifs is 3. The van der Waals surface area contributed by atoms with Crippen molar-refractivity contribution in [2.24, 2.45) is 0 Å². The molecule has 2 fully saturated rings. The third kappa shape index (κ3) is 8.66. The van der Waals surface area contributed by atoms with Crippen LogP contribution < -0.4 is 23.7 Å². The molecule has 4 aliphatic heterocycles. The molecule has 4 heterocycles. The Labute approximate surface area is 328 Å². The minimum absolute atomic E-state index is 0.0131. The van der Waals surface area contributed by atoms with Gasteiger partial charge in [-0.05, 0) is 54.6 Å². The van der Waals surface area contributed by atoms with E-state index in [0.717, 1.165) is 64.1 Å². The van der Waals surface area contributed by atoms with Crippen molar-refractivity contribution >= 4 is 16.7 Å². The number of esters is 1. The first-order chi connectivity index (χ1) is 27.5. The molecular formula is C42H56N2O12. The molecule has 2 saturated heterocycles. The highest BCUT2D eigenvalue weighted by Crippen LogP contribution is 2.50. The highest BCUT2D eigenvalue weighted by Gasteiger charge is 2.45. The van der Waals surface area contributed by atoms with Gasteiger partial charge in [-0.25, -0.2) is 4.79 Å². The van der Waals surface area contributed by atoms with Crippen molar-refractivity contribution in [2.75, 3.05) is 94.3 Å². The summed E-state index contributed by atoms with van der Waals surface area (Å²) in [6, 6.07) is 9.31. The molecule has 3 aromatic rings. The molecular weight excluding hydrogens is 724 g/mol. The lowest BCUT2D eigenvalue weighted by atomic mass is 9.89. The predicted octanol–water partition coefficient (Wildman–Crippen LogP) is 5.02. The average Bonchev–Trinajstić information content (AvgIpc) is 3.86. The lowest BCUT2D eigenvalue weighted by molar-refractivity contribution is -0.264. The molecule has 306 valence electrons. The van der Waals surface area contributed by atoms with E-state index in [4.69, 9.17) is 47.4 Å². The molecule has 0 amide bonds. The number of unbranched alkanes of at least 4 members (excludes halogenated alkanes) is 5. The van der Waals surface area contributed by atoms with Crippen LogP contribution in [-0.4, -0.2) is 140 Å². The van der Waals surface area contributed by atoms with Gasteiger partial charge in [0.2, 0.25) is 13.1 Å². The van der Waals surface area contributed by atoms with Gasteiger partial charge in [0.15, 0.2) is 23.0 Å². The number of aliphatic hydroxyl groups is 1. The standard InChI is InChI=1S/C42H56N2O12/c1-47-32-22-28-29(23-33(32)48-2)38(30-24-52-41(46)37(30)36(28)27-11-12-31-34(21-27)55-26-54-31)56-42-40(39(50-4)35(49-3)25-53-42)51-20-10-8-6-5-7-9-13-43-14-16-44(17-15-43)18-19-45/h11-12,21-23,35,39-40,42,45H,5-10,13-20,24-26H2,1-4H3/t35-,39+,40-,42+/m1/s1. The summed E-state index contributed by atoms with van der Waals surface area (Å²) in [4.78, 5) is 18.5. The topological polar surface area (TPSA) is 136 Å². The lowest BCUT2D eigenvalue weighted by Gasteiger charge is -2.41. The van der Waals surface area contributed by atoms with Crippen molar-refractivity contribution in [3.8, 4) is 39.9 Å². The van der Waals surface area contributed by atoms with Crippen LogP contribution >= 0.6 is 0 Å². The maximum atomic E-state index is 13.6. The smallest absolute Gasteiger partial charge is 0.339 e. The lowest BCUT2D eigenvalue weighted by Crippen LogP contribution is -2.57. The van der Waals surface area contributed by atoms with Gasteiger partial charge in [0.05, 0.1) is 33.0 Å². The first kappa shape index (κ1) is 40.3. The highest BCUT2D eigenvalue weighted by atomic mass is 16.7. The number of piperazine rings is 1. The van der Waals surface area contributed by atoms with Crippen LogP contribution in [0.4, 0.5) is 0 Å². The van der Waals surface area contributed by atoms with Crippen molar-refractivity contribution in [2.45, 2.75) is 69.7 Å². The molecule has 0 spiro atoms. The first-order valence-corrected chi connectivity index (χ1v) is 19.8. The van der Waals surface area contributed by atoms with Crippen molar-refractivity contribution < 1.29 is 57.3 Å². The fourth-order valence-corrected chi connectivity index (χ4v) is 8.26. The maximum Gasteiger partial charge on any atom is 0.339 e. The third-order valence-electron chi connectivity index (χ3n) is 11.3. The van der Waals surface area contributed by atoms with E-state index in [1.165, 1.54) is 19.3 Å². The van der Waals surface area contributed by atoms with Gasteiger partial charge in [0.1, 0.15) is 30.7 Å². The summed E-state index contributed by atoms with van der Waals surface area (Å²) in [5, 5.41) is 10.6. The number of hydrogen-bond acceptors (Lipinski definition) is 14. The maximum absolute atomic E-state index is 13.6. The Morgan fingerprint density at radius 1 is 0.750 bits per heavy atom. The van der Waals surface area contributed by atoms with Crippen molar-refractivity contribution in [3.05, 3.63) is 41.5 Å². The van der Waals surface area contributed by atoms with Gasteiger partial charge >= 0.3 is 5.97 Å². The van der Waals surface area contributed by atoms with Gasteiger partial charge in [-0.1, -0.05) is 31.7 Å². The van der Waals surface area contributed by atoms with E-state index in [-0.39, 0.29) is 32.7 Å². The molecule has 14 heteroatoms. The summed E-state index contributed by atoms with van der Waals surface area (Å²) in [5.41, 5.74) is 2.40. The van der Waals surface area contributed by atoms with Crippen LogP contribution in [-0.2, 0) is 30.3 Å². The second-order valence-electron chi connectivity index (χ2n) is 14.6. The molecule has 14 nitrogen and oxygen atoms in total. The number of carbonyl (C=O) groups is 1. The summed E-state index contributed by atoms with van der Waals surface area (Å²) in [6.07, 6.45) is 4.31. The second-order valence-corrected chi connectivity index (χ2v) is 14.6. The van der Waals surface area contributed by atoms with Crippen LogP contribution in [0.1, 0.15) is 54.4 Å². The fraction of sp³-hybridized carbons (Fsp3) is 0.595. The Bertz CT molecular complexity index is 1800. The SMILES string of the molecule is COc1cc2c(O[C@@H]3OC[C@@H](OC)[C@H](OC)[C@H]3OCCCCCCCCN3CCN(CCO)CC3)c3c(c(-c4ccc5c(c4)OCO5)c2cc1OC)C(=O)OC3. The van der Waals surface area contributed by atoms with E-state index >= 15 is 0 Å². The Kier molecular flexibility index (Phi) is 13.7. The molecule has 56 heavy (non-hydrogen) atoms. The van der Waals surface area contributed by atoms with Crippen molar-refractivity contribution in [1.29, 1.82) is 0 Å². The van der Waals surface area contributed by atoms with Crippen LogP contribution in [0.25, 0.3) is 21.9 Å². The molecule has 7 rings (SSSR count). The zero-order valence-corrected chi connectivity index (χ0v) is 33.0. The van der Waals surface area contributed by atoms with Gasteiger partial charge < -0.3 is 57.4 Å². The largest absolute Gasteiger partial charge is 0.493 e. The molecule has 0 aromatic heterocycles. The summed E-state index contributed by atoms with van der Waals surface area (Å²) in [6.45, 7) is 7.25. The van der Waals surface area contributed by atoms with Crippen LogP contribution in [0.3, 0.4) is 0 Å². The first-order valence-electron chi connectivity index (χ1n) is 19.8. The Balaban J connectivity index is 1.07. The number of cyclic esters (lactones) is 1. The van der Waals surface area contributed by atoms with E-state index in [0.29, 0.717) is 62.8 Å². The third-order valence-corrected chi connectivity index (χ3v) is 11.3. The molecule has 4 atom stereocenters. The van der Waals surface area contributed by atoms with Gasteiger partial charge in [-0.15, -0.1) is 0 Å². The summed E-state index contributed by atoms with van der Waals surface area (Å²) in [7, 11) is 6.42. The Hall–Kier alpha value is -3.89. The van der Waals surface area contributed by atoms with Gasteiger partial charge in [0.25, 0.3) is 0 Å². The zero-order valence-electron chi connectivity index (χ0n) is 33.0. The van der Waals surface area contributed by atoms with Crippen LogP contribution in [0, 0.1) is 0 Å². The van der Waals surface area contributed by atoms with Crippen LogP contribution in [0.15, 0.2) is 30.3 Å². The predicted molar refractivity (Wildman–Crippen MR) is 207 cm³/mol. The van der Waals surface area contributed by atoms with E-state index < -0.39 is 24.5 Å². The molecule has 1 N–H and O–H groups in total. The molecule has 0 bridgehead atoms. The van der Waals surface area contributed by atoms with Gasteiger partial charge in [-0.3, -0.25) is 4.90 Å². The molecule has 3 aromatic carbocycles. The van der Waals surface area contributed by atoms with Gasteiger partial charge in [0, 0.05) is 70.1 Å². The number of hydrogen-bond donors (Lipinski definition) is 1. The van der Waals surface area contributed by atoms with Crippen molar-refractivity contribution in [1.82, 2.24) is 9.80 Å². The minimum atomic E-state index is -0.885. The number of aliphatic hydroxyl groups excluding tert-OH is 1. The number of benzene rings is 3. The summed E-state index contributed by atoms with van der Waals surface area (Å²) >= 11 is 0. The molecule has 0 saturated carbocycles. The van der Waals surface area contributed by atoms with E-state index in [2.05, 4.69) is 9.80 Å². The quantitative estimate of drug-likeness (QED) is 0.129. The Morgan fingerprint density at radius 2 is 1.45 bits per heavy atom. The normalized spacial score (nSPS) is 22.3. The zero-order chi connectivity index (χ0) is 39.0. The number of rotatable bonds is 19. The van der Waals surface area contributed by atoms with Gasteiger partial charge in [-0.2, -0.15) is 0 Å². The molecule has 0 aliphatic carbocycles. The summed E-state index contributed by atoms with van der Waals surface area (Å²) in [5.74, 6) is 2.18. The number of methoxy groups -OCH3 is 4. The fourth-order valence-electron chi connectivity index (χ4n) is 8.26. The van der Waals surface area contributed by atoms with E-state index in [9.17, 15) is 9.90 Å². The van der Waals surface area contributed by atoms with E-state index in [1.54, 1.807) is 28.4 Å². The monoisotopic (exact) mass is 780 g/mol. The molecule has 0 unspecified atom stereocenters. The number of carbonyl (C=O) groups excluding carboxylic acids is 1. The van der Waals surface area contributed by atoms with Crippen LogP contribution in [0.5, 0.6) is 28.7 Å². The summed E-state index contributed by atoms with van der Waals surface area (Å²) < 4.78 is 59.9.